The molecule has 1 aliphatic heterocycles. The molecule has 3 amide bonds. The molecule has 125 valence electrons. The van der Waals surface area contributed by atoms with E-state index < -0.39 is 0 Å². The van der Waals surface area contributed by atoms with E-state index >= 15 is 0 Å². The van der Waals surface area contributed by atoms with Crippen LogP contribution in [0.4, 0.5) is 10.5 Å². The summed E-state index contributed by atoms with van der Waals surface area (Å²) in [6.45, 7) is 5.61. The van der Waals surface area contributed by atoms with Crippen LogP contribution in [0, 0.1) is 20.3 Å². The van der Waals surface area contributed by atoms with Gasteiger partial charge in [0.05, 0.1) is 6.04 Å². The molecule has 7 heteroatoms. The number of rotatable bonds is 5. The molecule has 23 heavy (non-hydrogen) atoms. The number of nitrogens with zero attached hydrogens (tertiary/aromatic N) is 2. The van der Waals surface area contributed by atoms with Crippen LogP contribution in [-0.2, 0) is 4.79 Å². The van der Waals surface area contributed by atoms with Crippen LogP contribution >= 0.6 is 0 Å². The zero-order valence-electron chi connectivity index (χ0n) is 13.6. The van der Waals surface area contributed by atoms with Crippen molar-refractivity contribution in [2.24, 2.45) is 5.73 Å². The lowest BCUT2D eigenvalue weighted by molar-refractivity contribution is -0.123. The van der Waals surface area contributed by atoms with E-state index in [-0.39, 0.29) is 18.0 Å². The highest BCUT2D eigenvalue weighted by atomic mass is 16.2. The van der Waals surface area contributed by atoms with E-state index in [0.29, 0.717) is 19.5 Å². The predicted octanol–water partition coefficient (Wildman–Crippen LogP) is 0.974. The Bertz CT molecular complexity index is 555. The highest BCUT2D eigenvalue weighted by molar-refractivity contribution is 5.89. The Hall–Kier alpha value is -2.15. The number of likely N-dealkylation sites (tertiary alicyclic amines) is 1. The van der Waals surface area contributed by atoms with Gasteiger partial charge in [0, 0.05) is 30.2 Å². The average Bonchev–Trinajstić information content (AvgIpc) is 2.46. The summed E-state index contributed by atoms with van der Waals surface area (Å²) in [4.78, 5) is 29.6. The number of urea groups is 1. The molecule has 0 bridgehead atoms. The Kier molecular flexibility index (Phi) is 5.92. The Balaban J connectivity index is 1.79. The summed E-state index contributed by atoms with van der Waals surface area (Å²) in [6.07, 6.45) is 3.70. The van der Waals surface area contributed by atoms with Gasteiger partial charge in [-0.1, -0.05) is 0 Å². The predicted molar refractivity (Wildman–Crippen MR) is 88.8 cm³/mol. The summed E-state index contributed by atoms with van der Waals surface area (Å²) < 4.78 is 0. The first-order chi connectivity index (χ1) is 11.0. The number of hydrogen-bond acceptors (Lipinski definition) is 4. The molecule has 1 atom stereocenters. The number of pyridine rings is 1. The first kappa shape index (κ1) is 17.2. The fourth-order valence-electron chi connectivity index (χ4n) is 2.80. The number of aromatic nitrogens is 1. The molecule has 1 unspecified atom stereocenters. The van der Waals surface area contributed by atoms with Crippen LogP contribution in [0.3, 0.4) is 0 Å². The number of anilines is 1. The van der Waals surface area contributed by atoms with Crippen molar-refractivity contribution < 1.29 is 9.59 Å². The minimum Gasteiger partial charge on any atom is -0.368 e. The third-order valence-corrected chi connectivity index (χ3v) is 3.80. The van der Waals surface area contributed by atoms with Crippen LogP contribution < -0.4 is 16.4 Å². The number of carbonyl (C=O) groups is 2. The Morgan fingerprint density at radius 1 is 1.35 bits per heavy atom. The van der Waals surface area contributed by atoms with E-state index in [1.807, 2.05) is 30.9 Å². The number of hydrogen-bond donors (Lipinski definition) is 3. The first-order valence-corrected chi connectivity index (χ1v) is 7.81. The van der Waals surface area contributed by atoms with Crippen molar-refractivity contribution in [2.45, 2.75) is 32.7 Å². The number of nitrogens with one attached hydrogen (secondary N) is 2. The van der Waals surface area contributed by atoms with Crippen molar-refractivity contribution in [1.82, 2.24) is 15.2 Å². The molecule has 1 aromatic rings. The van der Waals surface area contributed by atoms with Crippen LogP contribution in [0.25, 0.3) is 0 Å². The Morgan fingerprint density at radius 3 is 2.70 bits per heavy atom. The number of aryl methyl sites for hydroxylation is 2. The lowest BCUT2D eigenvalue weighted by atomic mass is 10.0. The molecule has 0 saturated carbocycles. The lowest BCUT2D eigenvalue weighted by Gasteiger charge is -2.33. The minimum absolute atomic E-state index is 0.265. The van der Waals surface area contributed by atoms with Gasteiger partial charge < -0.3 is 16.4 Å². The normalized spacial score (nSPS) is 18.4. The SMILES string of the molecule is Cc1cc(NC(=O)NCCN2CC[CH]CC2C(N)=O)cc(C)n1. The van der Waals surface area contributed by atoms with E-state index in [4.69, 9.17) is 5.73 Å². The molecule has 7 nitrogen and oxygen atoms in total. The molecule has 0 spiro atoms. The smallest absolute Gasteiger partial charge is 0.319 e. The van der Waals surface area contributed by atoms with Crippen LogP contribution in [-0.4, -0.2) is 47.5 Å². The van der Waals surface area contributed by atoms with Crippen LogP contribution in [0.15, 0.2) is 12.1 Å². The standard InChI is InChI=1S/C16H24N5O2/c1-11-9-13(10-12(2)19-11)20-16(23)18-6-8-21-7-4-3-5-14(21)15(17)22/h3,9-10,14H,4-8H2,1-2H3,(H2,17,22)(H2,18,19,20,23). The van der Waals surface area contributed by atoms with Gasteiger partial charge in [-0.2, -0.15) is 0 Å². The summed E-state index contributed by atoms with van der Waals surface area (Å²) in [5.41, 5.74) is 7.84. The molecule has 4 N–H and O–H groups in total. The van der Waals surface area contributed by atoms with E-state index in [9.17, 15) is 9.59 Å². The van der Waals surface area contributed by atoms with Crippen molar-refractivity contribution in [3.05, 3.63) is 29.9 Å². The monoisotopic (exact) mass is 318 g/mol. The second-order valence-electron chi connectivity index (χ2n) is 5.79. The second-order valence-corrected chi connectivity index (χ2v) is 5.79. The summed E-state index contributed by atoms with van der Waals surface area (Å²) in [5.74, 6) is -0.312. The van der Waals surface area contributed by atoms with Gasteiger partial charge in [0.2, 0.25) is 5.91 Å². The van der Waals surface area contributed by atoms with Gasteiger partial charge >= 0.3 is 6.03 Å². The largest absolute Gasteiger partial charge is 0.368 e. The fraction of sp³-hybridized carbons (Fsp3) is 0.500. The van der Waals surface area contributed by atoms with Gasteiger partial charge in [0.15, 0.2) is 0 Å². The van der Waals surface area contributed by atoms with Crippen molar-refractivity contribution in [2.75, 3.05) is 25.0 Å². The van der Waals surface area contributed by atoms with Gasteiger partial charge in [-0.15, -0.1) is 0 Å². The molecule has 1 fully saturated rings. The van der Waals surface area contributed by atoms with Gasteiger partial charge in [-0.25, -0.2) is 4.79 Å². The molecule has 0 aliphatic carbocycles. The Morgan fingerprint density at radius 2 is 2.04 bits per heavy atom. The fourth-order valence-corrected chi connectivity index (χ4v) is 2.80. The van der Waals surface area contributed by atoms with Crippen molar-refractivity contribution in [3.8, 4) is 0 Å². The zero-order chi connectivity index (χ0) is 16.8. The quantitative estimate of drug-likeness (QED) is 0.753. The molecule has 1 aliphatic rings. The number of piperidine rings is 1. The van der Waals surface area contributed by atoms with Crippen LogP contribution in [0.5, 0.6) is 0 Å². The molecule has 1 saturated heterocycles. The van der Waals surface area contributed by atoms with E-state index in [1.54, 1.807) is 0 Å². The maximum Gasteiger partial charge on any atom is 0.319 e. The van der Waals surface area contributed by atoms with E-state index in [2.05, 4.69) is 22.0 Å². The second kappa shape index (κ2) is 7.92. The number of carbonyl (C=O) groups excluding carboxylic acids is 2. The Labute approximate surface area is 136 Å². The molecule has 0 aromatic carbocycles. The summed E-state index contributed by atoms with van der Waals surface area (Å²) >= 11 is 0. The first-order valence-electron chi connectivity index (χ1n) is 7.81. The number of amides is 3. The van der Waals surface area contributed by atoms with Gasteiger partial charge in [0.1, 0.15) is 0 Å². The lowest BCUT2D eigenvalue weighted by Crippen LogP contribution is -2.50. The maximum atomic E-state index is 11.9. The van der Waals surface area contributed by atoms with Crippen molar-refractivity contribution in [3.63, 3.8) is 0 Å². The van der Waals surface area contributed by atoms with Crippen LogP contribution in [0.1, 0.15) is 24.2 Å². The van der Waals surface area contributed by atoms with Crippen molar-refractivity contribution in [1.29, 1.82) is 0 Å². The van der Waals surface area contributed by atoms with E-state index in [0.717, 1.165) is 30.0 Å². The van der Waals surface area contributed by atoms with Gasteiger partial charge in [-0.3, -0.25) is 14.7 Å². The topological polar surface area (TPSA) is 100 Å². The molecule has 1 aromatic heterocycles. The zero-order valence-corrected chi connectivity index (χ0v) is 13.6. The highest BCUT2D eigenvalue weighted by Gasteiger charge is 2.26. The van der Waals surface area contributed by atoms with Gasteiger partial charge in [-0.05, 0) is 51.8 Å². The number of primary amides is 1. The minimum atomic E-state index is -0.312. The maximum absolute atomic E-state index is 11.9. The molecule has 2 heterocycles. The number of nitrogens with two attached hydrogens (primary N) is 1. The molecule has 2 rings (SSSR count). The molecular formula is C16H24N5O2. The third kappa shape index (κ3) is 5.21. The summed E-state index contributed by atoms with van der Waals surface area (Å²) in [6, 6.07) is 3.10. The van der Waals surface area contributed by atoms with Crippen LogP contribution in [0.2, 0.25) is 0 Å². The van der Waals surface area contributed by atoms with E-state index in [1.165, 1.54) is 0 Å². The highest BCUT2D eigenvalue weighted by Crippen LogP contribution is 2.15. The van der Waals surface area contributed by atoms with Crippen molar-refractivity contribution >= 4 is 17.6 Å². The third-order valence-electron chi connectivity index (χ3n) is 3.80. The summed E-state index contributed by atoms with van der Waals surface area (Å²) in [7, 11) is 0. The van der Waals surface area contributed by atoms with Gasteiger partial charge in [0.25, 0.3) is 0 Å². The molecular weight excluding hydrogens is 294 g/mol. The summed E-state index contributed by atoms with van der Waals surface area (Å²) in [5, 5.41) is 5.59. The molecule has 1 radical (unpaired) electrons. The average molecular weight is 318 g/mol.